The van der Waals surface area contributed by atoms with Crippen LogP contribution in [-0.4, -0.2) is 6.69 Å². The molecule has 0 aromatic rings. The molecule has 12 heavy (non-hydrogen) atoms. The minimum Gasteiger partial charge on any atom is -0.146 e. The van der Waals surface area contributed by atoms with Crippen LogP contribution in [0.4, 0.5) is 0 Å². The van der Waals surface area contributed by atoms with Crippen LogP contribution in [0.15, 0.2) is 0 Å². The van der Waals surface area contributed by atoms with Crippen molar-refractivity contribution in [2.45, 2.75) is 58.0 Å². The van der Waals surface area contributed by atoms with Crippen LogP contribution < -0.4 is 0 Å². The Labute approximate surface area is 88.5 Å². The topological polar surface area (TPSA) is 0 Å². The zero-order valence-corrected chi connectivity index (χ0v) is 10.7. The van der Waals surface area contributed by atoms with E-state index in [-0.39, 0.29) is 1.43 Å². The zero-order chi connectivity index (χ0) is 9.45. The minimum absolute atomic E-state index is 0. The molecule has 0 aromatic carbocycles. The van der Waals surface area contributed by atoms with Gasteiger partial charge in [0, 0.05) is 0 Å². The summed E-state index contributed by atoms with van der Waals surface area (Å²) >= 11 is 12.0. The van der Waals surface area contributed by atoms with Crippen molar-refractivity contribution in [2.24, 2.45) is 0 Å². The molecule has 0 heterocycles. The molecule has 0 radical (unpaired) electrons. The maximum absolute atomic E-state index is 5.98. The molecule has 0 spiro atoms. The molecule has 0 unspecified atom stereocenters. The average Bonchev–Trinajstić information content (AvgIpc) is 1.94. The molecule has 0 amide bonds. The van der Waals surface area contributed by atoms with Gasteiger partial charge < -0.3 is 0 Å². The number of hydrogen-bond donors (Lipinski definition) is 0. The molecule has 0 N–H and O–H groups in total. The fraction of sp³-hybridized carbons (Fsp3) is 1.00. The summed E-state index contributed by atoms with van der Waals surface area (Å²) < 4.78 is 0. The van der Waals surface area contributed by atoms with Gasteiger partial charge >= 0.3 is 1.43 Å². The summed E-state index contributed by atoms with van der Waals surface area (Å²) in [4.78, 5) is 0. The maximum atomic E-state index is 5.98. The minimum atomic E-state index is -1.78. The van der Waals surface area contributed by atoms with Gasteiger partial charge in [-0.15, -0.1) is 22.2 Å². The normalized spacial score (nSPS) is 12.0. The lowest BCUT2D eigenvalue weighted by atomic mass is 10.1. The third kappa shape index (κ3) is 10.8. The first-order valence-corrected chi connectivity index (χ1v) is 9.67. The smallest absolute Gasteiger partial charge is 0.146 e. The first kappa shape index (κ1) is 12.8. The standard InChI is InChI=1S/C9H20Cl2Si/c1-3-4-5-6-7-8-9-12(2,10)11/h3-9H2,1-2H3/p+1. The van der Waals surface area contributed by atoms with Crippen molar-refractivity contribution in [3.05, 3.63) is 0 Å². The Balaban J connectivity index is 0. The van der Waals surface area contributed by atoms with E-state index in [4.69, 9.17) is 22.2 Å². The second-order valence-electron chi connectivity index (χ2n) is 3.59. The average molecular weight is 228 g/mol. The van der Waals surface area contributed by atoms with Crippen molar-refractivity contribution in [3.8, 4) is 0 Å². The van der Waals surface area contributed by atoms with Gasteiger partial charge in [-0.05, 0) is 12.6 Å². The molecule has 3 heteroatoms. The monoisotopic (exact) mass is 227 g/mol. The SMILES string of the molecule is CCCCCCCC[Si](C)(Cl)Cl.[H+]. The summed E-state index contributed by atoms with van der Waals surface area (Å²) in [6.07, 6.45) is 7.95. The highest BCUT2D eigenvalue weighted by Crippen LogP contribution is 2.23. The van der Waals surface area contributed by atoms with Crippen molar-refractivity contribution in [3.63, 3.8) is 0 Å². The third-order valence-corrected chi connectivity index (χ3v) is 4.33. The Bertz CT molecular complexity index is 104. The molecular formula is C9H21Cl2Si+. The molecule has 0 bridgehead atoms. The number of unbranched alkanes of at least 4 members (excludes halogenated alkanes) is 5. The summed E-state index contributed by atoms with van der Waals surface area (Å²) in [6, 6.07) is 1.06. The molecular weight excluding hydrogens is 207 g/mol. The van der Waals surface area contributed by atoms with Crippen molar-refractivity contribution in [2.75, 3.05) is 0 Å². The van der Waals surface area contributed by atoms with Crippen LogP contribution in [0.5, 0.6) is 0 Å². The molecule has 0 aliphatic rings. The van der Waals surface area contributed by atoms with E-state index in [0.29, 0.717) is 0 Å². The fourth-order valence-electron chi connectivity index (χ4n) is 1.22. The van der Waals surface area contributed by atoms with Crippen molar-refractivity contribution in [1.82, 2.24) is 0 Å². The van der Waals surface area contributed by atoms with Crippen molar-refractivity contribution < 1.29 is 1.43 Å². The van der Waals surface area contributed by atoms with Gasteiger partial charge in [-0.3, -0.25) is 0 Å². The lowest BCUT2D eigenvalue weighted by Crippen LogP contribution is -2.11. The summed E-state index contributed by atoms with van der Waals surface area (Å²) in [6.45, 7) is 2.46. The number of hydrogen-bond acceptors (Lipinski definition) is 0. The van der Waals surface area contributed by atoms with Gasteiger partial charge in [-0.1, -0.05) is 45.4 Å². The Hall–Kier alpha value is 0.797. The Morgan fingerprint density at radius 2 is 1.50 bits per heavy atom. The molecule has 0 aliphatic carbocycles. The van der Waals surface area contributed by atoms with Gasteiger partial charge in [0.1, 0.15) is 0 Å². The Morgan fingerprint density at radius 1 is 1.00 bits per heavy atom. The molecule has 0 aromatic heterocycles. The predicted octanol–water partition coefficient (Wildman–Crippen LogP) is 5.01. The van der Waals surface area contributed by atoms with E-state index < -0.39 is 6.69 Å². The molecule has 74 valence electrons. The van der Waals surface area contributed by atoms with Crippen LogP contribution in [0, 0.1) is 0 Å². The summed E-state index contributed by atoms with van der Waals surface area (Å²) in [7, 11) is 0. The van der Waals surface area contributed by atoms with E-state index in [2.05, 4.69) is 6.92 Å². The summed E-state index contributed by atoms with van der Waals surface area (Å²) in [5.41, 5.74) is 0. The zero-order valence-electron chi connectivity index (χ0n) is 9.21. The molecule has 0 atom stereocenters. The van der Waals surface area contributed by atoms with Gasteiger partial charge in [0.2, 0.25) is 6.69 Å². The molecule has 0 saturated heterocycles. The van der Waals surface area contributed by atoms with E-state index in [1.807, 2.05) is 6.55 Å². The molecule has 0 saturated carbocycles. The first-order valence-electron chi connectivity index (χ1n) is 4.94. The van der Waals surface area contributed by atoms with Gasteiger partial charge in [-0.25, -0.2) is 0 Å². The maximum Gasteiger partial charge on any atom is 1.00 e. The van der Waals surface area contributed by atoms with Crippen LogP contribution in [0.3, 0.4) is 0 Å². The van der Waals surface area contributed by atoms with Crippen LogP contribution in [-0.2, 0) is 0 Å². The highest BCUT2D eigenvalue weighted by atomic mass is 35.7. The second kappa shape index (κ2) is 7.22. The quantitative estimate of drug-likeness (QED) is 0.326. The summed E-state index contributed by atoms with van der Waals surface area (Å²) in [5.74, 6) is 0. The van der Waals surface area contributed by atoms with Gasteiger partial charge in [0.05, 0.1) is 0 Å². The van der Waals surface area contributed by atoms with E-state index in [9.17, 15) is 0 Å². The van der Waals surface area contributed by atoms with Crippen LogP contribution >= 0.6 is 22.2 Å². The first-order chi connectivity index (χ1) is 5.56. The van der Waals surface area contributed by atoms with E-state index >= 15 is 0 Å². The van der Waals surface area contributed by atoms with E-state index in [1.54, 1.807) is 0 Å². The van der Waals surface area contributed by atoms with Gasteiger partial charge in [0.15, 0.2) is 0 Å². The Morgan fingerprint density at radius 3 is 2.00 bits per heavy atom. The second-order valence-corrected chi connectivity index (χ2v) is 11.8. The molecule has 0 aliphatic heterocycles. The van der Waals surface area contributed by atoms with Crippen molar-refractivity contribution in [1.29, 1.82) is 0 Å². The molecule has 0 nitrogen and oxygen atoms in total. The van der Waals surface area contributed by atoms with Crippen molar-refractivity contribution >= 4 is 28.9 Å². The van der Waals surface area contributed by atoms with E-state index in [1.165, 1.54) is 38.5 Å². The van der Waals surface area contributed by atoms with Crippen LogP contribution in [0.2, 0.25) is 12.6 Å². The largest absolute Gasteiger partial charge is 1.00 e. The number of halogens is 2. The third-order valence-electron chi connectivity index (χ3n) is 1.97. The van der Waals surface area contributed by atoms with Crippen LogP contribution in [0.25, 0.3) is 0 Å². The highest BCUT2D eigenvalue weighted by molar-refractivity contribution is 7.44. The predicted molar refractivity (Wildman–Crippen MR) is 62.6 cm³/mol. The van der Waals surface area contributed by atoms with Gasteiger partial charge in [-0.2, -0.15) is 0 Å². The lowest BCUT2D eigenvalue weighted by Gasteiger charge is -2.08. The fourth-order valence-corrected chi connectivity index (χ4v) is 2.89. The van der Waals surface area contributed by atoms with E-state index in [0.717, 1.165) is 6.04 Å². The van der Waals surface area contributed by atoms with Gasteiger partial charge in [0.25, 0.3) is 0 Å². The lowest BCUT2D eigenvalue weighted by molar-refractivity contribution is 0.623. The molecule has 0 fully saturated rings. The number of rotatable bonds is 7. The highest BCUT2D eigenvalue weighted by Gasteiger charge is 2.19. The molecule has 0 rings (SSSR count). The van der Waals surface area contributed by atoms with Crippen LogP contribution in [0.1, 0.15) is 46.9 Å². The summed E-state index contributed by atoms with van der Waals surface area (Å²) in [5, 5.41) is 0. The Kier molecular flexibility index (Phi) is 7.70.